The molecule has 0 aromatic carbocycles. The summed E-state index contributed by atoms with van der Waals surface area (Å²) >= 11 is 0. The lowest BCUT2D eigenvalue weighted by atomic mass is 10.2. The number of hydrogen-bond acceptors (Lipinski definition) is 4. The number of hydrogen-bond donors (Lipinski definition) is 0. The molecule has 0 saturated heterocycles. The van der Waals surface area contributed by atoms with Gasteiger partial charge in [-0.1, -0.05) is 0 Å². The largest absolute Gasteiger partial charge is 0.466 e. The summed E-state index contributed by atoms with van der Waals surface area (Å²) in [7, 11) is 0. The van der Waals surface area contributed by atoms with Crippen molar-refractivity contribution in [3.8, 4) is 0 Å². The highest BCUT2D eigenvalue weighted by Crippen LogP contribution is 2.29. The molecule has 1 aliphatic rings. The van der Waals surface area contributed by atoms with Gasteiger partial charge in [-0.05, 0) is 18.4 Å². The normalized spacial score (nSPS) is 15.3. The second-order valence-corrected chi connectivity index (χ2v) is 3.56. The lowest BCUT2D eigenvalue weighted by Gasteiger charge is -2.06. The standard InChI is InChI=1S/C11H16O4/c1-8(12)14-7-6-10-4-3-5-11(10)15-9(2)13/h3-7H2,1-2H3. The number of allylic oxidation sites excluding steroid dienone is 1. The number of rotatable bonds is 4. The molecule has 0 fully saturated rings. The number of esters is 2. The average molecular weight is 212 g/mol. The van der Waals surface area contributed by atoms with Gasteiger partial charge in [-0.15, -0.1) is 0 Å². The Morgan fingerprint density at radius 2 is 1.93 bits per heavy atom. The maximum absolute atomic E-state index is 10.8. The van der Waals surface area contributed by atoms with Crippen LogP contribution in [-0.4, -0.2) is 18.5 Å². The van der Waals surface area contributed by atoms with Crippen molar-refractivity contribution >= 4 is 11.9 Å². The van der Waals surface area contributed by atoms with Crippen molar-refractivity contribution in [2.24, 2.45) is 0 Å². The van der Waals surface area contributed by atoms with E-state index in [2.05, 4.69) is 0 Å². The van der Waals surface area contributed by atoms with Gasteiger partial charge in [0, 0.05) is 26.7 Å². The van der Waals surface area contributed by atoms with E-state index in [9.17, 15) is 9.59 Å². The Kier molecular flexibility index (Phi) is 4.34. The maximum atomic E-state index is 10.8. The molecule has 0 aliphatic heterocycles. The van der Waals surface area contributed by atoms with Gasteiger partial charge in [0.1, 0.15) is 5.76 Å². The first-order valence-corrected chi connectivity index (χ1v) is 5.12. The molecule has 4 heteroatoms. The van der Waals surface area contributed by atoms with Crippen LogP contribution in [0.15, 0.2) is 11.3 Å². The predicted octanol–water partition coefficient (Wildman–Crippen LogP) is 1.94. The number of carbonyl (C=O) groups is 2. The first-order chi connectivity index (χ1) is 7.09. The summed E-state index contributed by atoms with van der Waals surface area (Å²) in [6.07, 6.45) is 3.43. The Morgan fingerprint density at radius 3 is 2.53 bits per heavy atom. The highest BCUT2D eigenvalue weighted by molar-refractivity contribution is 5.67. The van der Waals surface area contributed by atoms with E-state index in [1.54, 1.807) is 0 Å². The monoisotopic (exact) mass is 212 g/mol. The van der Waals surface area contributed by atoms with Crippen LogP contribution in [0.4, 0.5) is 0 Å². The second-order valence-electron chi connectivity index (χ2n) is 3.56. The summed E-state index contributed by atoms with van der Waals surface area (Å²) in [5.74, 6) is 0.217. The van der Waals surface area contributed by atoms with Crippen LogP contribution in [0.1, 0.15) is 39.5 Å². The Hall–Kier alpha value is -1.32. The fourth-order valence-electron chi connectivity index (χ4n) is 1.66. The van der Waals surface area contributed by atoms with E-state index >= 15 is 0 Å². The molecule has 0 N–H and O–H groups in total. The predicted molar refractivity (Wildman–Crippen MR) is 53.9 cm³/mol. The van der Waals surface area contributed by atoms with Crippen molar-refractivity contribution in [1.82, 2.24) is 0 Å². The maximum Gasteiger partial charge on any atom is 0.307 e. The van der Waals surface area contributed by atoms with E-state index in [1.807, 2.05) is 0 Å². The highest BCUT2D eigenvalue weighted by atomic mass is 16.5. The molecule has 0 atom stereocenters. The molecule has 0 bridgehead atoms. The molecular weight excluding hydrogens is 196 g/mol. The summed E-state index contributed by atoms with van der Waals surface area (Å²) in [5.41, 5.74) is 1.10. The van der Waals surface area contributed by atoms with E-state index in [0.717, 1.165) is 30.6 Å². The van der Waals surface area contributed by atoms with Crippen molar-refractivity contribution in [3.05, 3.63) is 11.3 Å². The molecule has 84 valence electrons. The zero-order valence-electron chi connectivity index (χ0n) is 9.17. The Balaban J connectivity index is 2.42. The van der Waals surface area contributed by atoms with Crippen LogP contribution in [0.25, 0.3) is 0 Å². The van der Waals surface area contributed by atoms with Crippen LogP contribution in [0, 0.1) is 0 Å². The third-order valence-corrected chi connectivity index (χ3v) is 2.25. The first kappa shape index (κ1) is 11.8. The van der Waals surface area contributed by atoms with E-state index < -0.39 is 0 Å². The minimum atomic E-state index is -0.281. The molecule has 0 unspecified atom stereocenters. The summed E-state index contributed by atoms with van der Waals surface area (Å²) < 4.78 is 9.93. The molecule has 0 aromatic rings. The van der Waals surface area contributed by atoms with Gasteiger partial charge in [-0.25, -0.2) is 0 Å². The van der Waals surface area contributed by atoms with Crippen LogP contribution < -0.4 is 0 Å². The molecule has 1 rings (SSSR count). The van der Waals surface area contributed by atoms with Crippen LogP contribution in [0.5, 0.6) is 0 Å². The van der Waals surface area contributed by atoms with Gasteiger partial charge in [-0.2, -0.15) is 0 Å². The molecule has 0 heterocycles. The van der Waals surface area contributed by atoms with Crippen molar-refractivity contribution in [2.75, 3.05) is 6.61 Å². The molecule has 0 radical (unpaired) electrons. The van der Waals surface area contributed by atoms with E-state index in [1.165, 1.54) is 13.8 Å². The topological polar surface area (TPSA) is 52.6 Å². The van der Waals surface area contributed by atoms with Crippen LogP contribution in [0.2, 0.25) is 0 Å². The summed E-state index contributed by atoms with van der Waals surface area (Å²) in [6, 6.07) is 0. The summed E-state index contributed by atoms with van der Waals surface area (Å²) in [5, 5.41) is 0. The molecule has 0 saturated carbocycles. The molecule has 0 spiro atoms. The molecule has 0 amide bonds. The minimum Gasteiger partial charge on any atom is -0.466 e. The van der Waals surface area contributed by atoms with Crippen molar-refractivity contribution in [1.29, 1.82) is 0 Å². The van der Waals surface area contributed by atoms with Crippen LogP contribution >= 0.6 is 0 Å². The van der Waals surface area contributed by atoms with Crippen LogP contribution in [0.3, 0.4) is 0 Å². The fourth-order valence-corrected chi connectivity index (χ4v) is 1.66. The molecule has 0 aromatic heterocycles. The van der Waals surface area contributed by atoms with Gasteiger partial charge in [-0.3, -0.25) is 9.59 Å². The minimum absolute atomic E-state index is 0.275. The van der Waals surface area contributed by atoms with Gasteiger partial charge in [0.2, 0.25) is 0 Å². The third kappa shape index (κ3) is 4.14. The summed E-state index contributed by atoms with van der Waals surface area (Å²) in [6.45, 7) is 3.15. The van der Waals surface area contributed by atoms with Crippen molar-refractivity contribution in [3.63, 3.8) is 0 Å². The van der Waals surface area contributed by atoms with Gasteiger partial charge in [0.05, 0.1) is 6.61 Å². The Labute approximate surface area is 89.2 Å². The summed E-state index contributed by atoms with van der Waals surface area (Å²) in [4.78, 5) is 21.3. The smallest absolute Gasteiger partial charge is 0.307 e. The quantitative estimate of drug-likeness (QED) is 0.668. The Bertz CT molecular complexity index is 291. The van der Waals surface area contributed by atoms with Crippen molar-refractivity contribution < 1.29 is 19.1 Å². The van der Waals surface area contributed by atoms with E-state index in [4.69, 9.17) is 9.47 Å². The molecule has 4 nitrogen and oxygen atoms in total. The lowest BCUT2D eigenvalue weighted by molar-refractivity contribution is -0.141. The molecular formula is C11H16O4. The zero-order valence-corrected chi connectivity index (χ0v) is 9.17. The molecule has 1 aliphatic carbocycles. The number of carbonyl (C=O) groups excluding carboxylic acids is 2. The molecule has 15 heavy (non-hydrogen) atoms. The van der Waals surface area contributed by atoms with Gasteiger partial charge < -0.3 is 9.47 Å². The Morgan fingerprint density at radius 1 is 1.20 bits per heavy atom. The van der Waals surface area contributed by atoms with E-state index in [-0.39, 0.29) is 11.9 Å². The number of ether oxygens (including phenoxy) is 2. The first-order valence-electron chi connectivity index (χ1n) is 5.12. The van der Waals surface area contributed by atoms with Gasteiger partial charge >= 0.3 is 11.9 Å². The lowest BCUT2D eigenvalue weighted by Crippen LogP contribution is -2.03. The second kappa shape index (κ2) is 5.53. The average Bonchev–Trinajstić information content (AvgIpc) is 2.51. The van der Waals surface area contributed by atoms with Crippen molar-refractivity contribution in [2.45, 2.75) is 39.5 Å². The van der Waals surface area contributed by atoms with E-state index in [0.29, 0.717) is 13.0 Å². The highest BCUT2D eigenvalue weighted by Gasteiger charge is 2.17. The third-order valence-electron chi connectivity index (χ3n) is 2.25. The van der Waals surface area contributed by atoms with Gasteiger partial charge in [0.15, 0.2) is 0 Å². The van der Waals surface area contributed by atoms with Gasteiger partial charge in [0.25, 0.3) is 0 Å². The fraction of sp³-hybridized carbons (Fsp3) is 0.636. The zero-order chi connectivity index (χ0) is 11.3. The SMILES string of the molecule is CC(=O)OCCC1=C(OC(C)=O)CCC1. The van der Waals surface area contributed by atoms with Crippen LogP contribution in [-0.2, 0) is 19.1 Å².